The second-order valence-corrected chi connectivity index (χ2v) is 7.43. The molecule has 1 aliphatic heterocycles. The predicted molar refractivity (Wildman–Crippen MR) is 112 cm³/mol. The fourth-order valence-electron chi connectivity index (χ4n) is 4.14. The number of guanidine groups is 1. The third-order valence-electron chi connectivity index (χ3n) is 5.51. The number of nitrogens with zero attached hydrogens (tertiary/aromatic N) is 1. The molecule has 1 aliphatic carbocycles. The van der Waals surface area contributed by atoms with Gasteiger partial charge in [-0.15, -0.1) is 24.0 Å². The van der Waals surface area contributed by atoms with Crippen molar-refractivity contribution in [2.45, 2.75) is 45.9 Å². The molecule has 25 heavy (non-hydrogen) atoms. The average molecular weight is 459 g/mol. The van der Waals surface area contributed by atoms with Crippen molar-refractivity contribution in [2.75, 3.05) is 20.8 Å². The lowest BCUT2D eigenvalue weighted by Crippen LogP contribution is -2.67. The molecule has 140 valence electrons. The van der Waals surface area contributed by atoms with Crippen molar-refractivity contribution in [2.24, 2.45) is 16.3 Å². The van der Waals surface area contributed by atoms with Crippen LogP contribution in [0.5, 0.6) is 5.75 Å². The molecule has 3 rings (SSSR count). The van der Waals surface area contributed by atoms with Gasteiger partial charge in [0.15, 0.2) is 5.96 Å². The Labute approximate surface area is 168 Å². The van der Waals surface area contributed by atoms with E-state index in [0.717, 1.165) is 30.3 Å². The van der Waals surface area contributed by atoms with Crippen molar-refractivity contribution < 1.29 is 9.47 Å². The smallest absolute Gasteiger partial charge is 0.191 e. The van der Waals surface area contributed by atoms with Gasteiger partial charge in [-0.05, 0) is 25.0 Å². The van der Waals surface area contributed by atoms with Gasteiger partial charge in [-0.2, -0.15) is 0 Å². The third-order valence-corrected chi connectivity index (χ3v) is 5.51. The van der Waals surface area contributed by atoms with Crippen LogP contribution < -0.4 is 15.4 Å². The van der Waals surface area contributed by atoms with E-state index in [9.17, 15) is 0 Å². The van der Waals surface area contributed by atoms with Gasteiger partial charge in [0, 0.05) is 43.1 Å². The molecular formula is C19H30IN3O2. The predicted octanol–water partition coefficient (Wildman–Crippen LogP) is 3.10. The third kappa shape index (κ3) is 3.89. The number of fused-ring (bicyclic) bond motifs is 1. The summed E-state index contributed by atoms with van der Waals surface area (Å²) in [4.78, 5) is 4.39. The lowest BCUT2D eigenvalue weighted by molar-refractivity contribution is -0.106. The van der Waals surface area contributed by atoms with Crippen molar-refractivity contribution in [1.82, 2.24) is 10.6 Å². The normalized spacial score (nSPS) is 26.9. The second-order valence-electron chi connectivity index (χ2n) is 7.43. The molecule has 2 fully saturated rings. The van der Waals surface area contributed by atoms with Gasteiger partial charge in [-0.1, -0.05) is 26.0 Å². The maximum absolute atomic E-state index is 5.87. The van der Waals surface area contributed by atoms with Crippen molar-refractivity contribution in [3.05, 3.63) is 29.3 Å². The molecule has 1 saturated heterocycles. The molecule has 1 aromatic rings. The molecule has 3 atom stereocenters. The van der Waals surface area contributed by atoms with Gasteiger partial charge in [-0.3, -0.25) is 4.99 Å². The van der Waals surface area contributed by atoms with Crippen LogP contribution in [0.15, 0.2) is 23.2 Å². The molecule has 0 spiro atoms. The van der Waals surface area contributed by atoms with E-state index in [0.29, 0.717) is 24.6 Å². The number of halogens is 1. The molecule has 1 heterocycles. The van der Waals surface area contributed by atoms with Crippen LogP contribution in [0.4, 0.5) is 0 Å². The van der Waals surface area contributed by atoms with Crippen molar-refractivity contribution in [3.8, 4) is 5.75 Å². The Kier molecular flexibility index (Phi) is 6.59. The number of rotatable bonds is 4. The van der Waals surface area contributed by atoms with E-state index in [1.54, 1.807) is 7.11 Å². The summed E-state index contributed by atoms with van der Waals surface area (Å²) in [5, 5.41) is 7.02. The minimum absolute atomic E-state index is 0. The summed E-state index contributed by atoms with van der Waals surface area (Å²) < 4.78 is 11.3. The van der Waals surface area contributed by atoms with Crippen LogP contribution in [0.2, 0.25) is 0 Å². The van der Waals surface area contributed by atoms with E-state index < -0.39 is 0 Å². The zero-order chi connectivity index (χ0) is 17.3. The van der Waals surface area contributed by atoms with Crippen molar-refractivity contribution in [3.63, 3.8) is 0 Å². The Bertz CT molecular complexity index is 633. The molecule has 3 unspecified atom stereocenters. The second kappa shape index (κ2) is 8.12. The van der Waals surface area contributed by atoms with E-state index in [4.69, 9.17) is 9.47 Å². The van der Waals surface area contributed by atoms with Crippen LogP contribution in [0, 0.1) is 18.3 Å². The summed E-state index contributed by atoms with van der Waals surface area (Å²) in [5.74, 6) is 2.33. The first kappa shape index (κ1) is 20.3. The highest BCUT2D eigenvalue weighted by Crippen LogP contribution is 2.52. The number of ether oxygens (including phenoxy) is 2. The van der Waals surface area contributed by atoms with E-state index in [2.05, 4.69) is 54.6 Å². The minimum atomic E-state index is 0. The monoisotopic (exact) mass is 459 g/mol. The fourth-order valence-corrected chi connectivity index (χ4v) is 4.14. The van der Waals surface area contributed by atoms with Crippen LogP contribution in [0.25, 0.3) is 0 Å². The zero-order valence-corrected chi connectivity index (χ0v) is 18.1. The summed E-state index contributed by atoms with van der Waals surface area (Å²) >= 11 is 0. The van der Waals surface area contributed by atoms with Gasteiger partial charge < -0.3 is 20.1 Å². The highest BCUT2D eigenvalue weighted by atomic mass is 127. The van der Waals surface area contributed by atoms with E-state index in [-0.39, 0.29) is 29.4 Å². The van der Waals surface area contributed by atoms with E-state index in [1.807, 2.05) is 7.05 Å². The minimum Gasteiger partial charge on any atom is -0.496 e. The van der Waals surface area contributed by atoms with Crippen molar-refractivity contribution in [1.29, 1.82) is 0 Å². The first-order valence-corrected chi connectivity index (χ1v) is 8.69. The lowest BCUT2D eigenvalue weighted by Gasteiger charge is -2.54. The molecule has 6 heteroatoms. The highest BCUT2D eigenvalue weighted by molar-refractivity contribution is 14.0. The summed E-state index contributed by atoms with van der Waals surface area (Å²) in [6, 6.07) is 6.66. The molecule has 0 radical (unpaired) electrons. The highest BCUT2D eigenvalue weighted by Gasteiger charge is 2.59. The Morgan fingerprint density at radius 1 is 1.40 bits per heavy atom. The lowest BCUT2D eigenvalue weighted by atomic mass is 9.57. The molecule has 0 bridgehead atoms. The Hall–Kier alpha value is -1.02. The number of nitrogens with one attached hydrogen (secondary N) is 2. The quantitative estimate of drug-likeness (QED) is 0.413. The van der Waals surface area contributed by atoms with Crippen LogP contribution >= 0.6 is 24.0 Å². The maximum atomic E-state index is 5.87. The zero-order valence-electron chi connectivity index (χ0n) is 15.8. The SMILES string of the molecule is CN=C(NCc1ccc(C)cc1OC)NC1C2CCOC2C1(C)C.I. The number of hydrogen-bond acceptors (Lipinski definition) is 3. The average Bonchev–Trinajstić information content (AvgIpc) is 3.02. The van der Waals surface area contributed by atoms with Gasteiger partial charge in [0.2, 0.25) is 0 Å². The van der Waals surface area contributed by atoms with Crippen LogP contribution in [-0.2, 0) is 11.3 Å². The number of aryl methyl sites for hydroxylation is 1. The van der Waals surface area contributed by atoms with E-state index in [1.165, 1.54) is 5.56 Å². The van der Waals surface area contributed by atoms with Gasteiger partial charge in [0.1, 0.15) is 5.75 Å². The Morgan fingerprint density at radius 2 is 2.16 bits per heavy atom. The summed E-state index contributed by atoms with van der Waals surface area (Å²) in [5.41, 5.74) is 2.46. The van der Waals surface area contributed by atoms with Crippen LogP contribution in [-0.4, -0.2) is 38.9 Å². The number of aliphatic imine (C=N–C) groups is 1. The molecular weight excluding hydrogens is 429 g/mol. The molecule has 2 aliphatic rings. The topological polar surface area (TPSA) is 54.9 Å². The molecule has 2 N–H and O–H groups in total. The summed E-state index contributed by atoms with van der Waals surface area (Å²) in [7, 11) is 3.53. The van der Waals surface area contributed by atoms with Gasteiger partial charge in [0.25, 0.3) is 0 Å². The molecule has 1 saturated carbocycles. The summed E-state index contributed by atoms with van der Waals surface area (Å²) in [6.45, 7) is 8.17. The van der Waals surface area contributed by atoms with Gasteiger partial charge in [-0.25, -0.2) is 0 Å². The molecule has 0 amide bonds. The van der Waals surface area contributed by atoms with Gasteiger partial charge in [0.05, 0.1) is 13.2 Å². The number of methoxy groups -OCH3 is 1. The standard InChI is InChI=1S/C19H29N3O2.HI/c1-12-6-7-13(15(10-12)23-5)11-21-18(20-4)22-16-14-8-9-24-17(14)19(16,2)3;/h6-7,10,14,16-17H,8-9,11H2,1-5H3,(H2,20,21,22);1H. The Morgan fingerprint density at radius 3 is 2.84 bits per heavy atom. The van der Waals surface area contributed by atoms with E-state index >= 15 is 0 Å². The molecule has 5 nitrogen and oxygen atoms in total. The largest absolute Gasteiger partial charge is 0.496 e. The van der Waals surface area contributed by atoms with Crippen molar-refractivity contribution >= 4 is 29.9 Å². The number of benzene rings is 1. The summed E-state index contributed by atoms with van der Waals surface area (Å²) in [6.07, 6.45) is 1.51. The Balaban J connectivity index is 0.00000225. The van der Waals surface area contributed by atoms with Crippen LogP contribution in [0.3, 0.4) is 0 Å². The first-order valence-electron chi connectivity index (χ1n) is 8.69. The molecule has 0 aromatic heterocycles. The van der Waals surface area contributed by atoms with Gasteiger partial charge >= 0.3 is 0 Å². The fraction of sp³-hybridized carbons (Fsp3) is 0.632. The maximum Gasteiger partial charge on any atom is 0.191 e. The first-order chi connectivity index (χ1) is 11.5. The molecule has 1 aromatic carbocycles. The van der Waals surface area contributed by atoms with Crippen LogP contribution in [0.1, 0.15) is 31.4 Å². The number of hydrogen-bond donors (Lipinski definition) is 2.